The van der Waals surface area contributed by atoms with Gasteiger partial charge in [-0.1, -0.05) is 25.7 Å². The highest BCUT2D eigenvalue weighted by atomic mass is 16.2. The van der Waals surface area contributed by atoms with Gasteiger partial charge in [-0.05, 0) is 25.2 Å². The highest BCUT2D eigenvalue weighted by Gasteiger charge is 2.25. The molecule has 2 aliphatic rings. The molecule has 16 heavy (non-hydrogen) atoms. The van der Waals surface area contributed by atoms with Crippen molar-refractivity contribution in [3.63, 3.8) is 0 Å². The van der Waals surface area contributed by atoms with Crippen LogP contribution in [0.2, 0.25) is 0 Å². The SMILES string of the molecule is NC1CCN(C(=O)CC2CCCCCC2)C1. The van der Waals surface area contributed by atoms with Crippen molar-refractivity contribution in [3.05, 3.63) is 0 Å². The Balaban J connectivity index is 1.77. The van der Waals surface area contributed by atoms with Crippen molar-refractivity contribution < 1.29 is 4.79 Å². The first-order chi connectivity index (χ1) is 7.75. The fraction of sp³-hybridized carbons (Fsp3) is 0.923. The molecule has 1 aliphatic heterocycles. The van der Waals surface area contributed by atoms with E-state index in [9.17, 15) is 4.79 Å². The second-order valence-electron chi connectivity index (χ2n) is 5.45. The fourth-order valence-electron chi connectivity index (χ4n) is 2.96. The minimum atomic E-state index is 0.220. The van der Waals surface area contributed by atoms with E-state index in [2.05, 4.69) is 0 Å². The smallest absolute Gasteiger partial charge is 0.222 e. The molecule has 0 aromatic carbocycles. The summed E-state index contributed by atoms with van der Waals surface area (Å²) in [7, 11) is 0. The third-order valence-electron chi connectivity index (χ3n) is 4.02. The van der Waals surface area contributed by atoms with Crippen molar-refractivity contribution in [2.24, 2.45) is 11.7 Å². The van der Waals surface area contributed by atoms with Crippen LogP contribution >= 0.6 is 0 Å². The summed E-state index contributed by atoms with van der Waals surface area (Å²) in [6.45, 7) is 1.66. The summed E-state index contributed by atoms with van der Waals surface area (Å²) < 4.78 is 0. The highest BCUT2D eigenvalue weighted by Crippen LogP contribution is 2.26. The lowest BCUT2D eigenvalue weighted by molar-refractivity contribution is -0.131. The van der Waals surface area contributed by atoms with Crippen molar-refractivity contribution in [1.82, 2.24) is 4.90 Å². The number of hydrogen-bond acceptors (Lipinski definition) is 2. The lowest BCUT2D eigenvalue weighted by Gasteiger charge is -2.20. The maximum absolute atomic E-state index is 12.0. The van der Waals surface area contributed by atoms with Gasteiger partial charge in [-0.2, -0.15) is 0 Å². The van der Waals surface area contributed by atoms with Crippen LogP contribution in [-0.2, 0) is 4.79 Å². The summed E-state index contributed by atoms with van der Waals surface area (Å²) in [6, 6.07) is 0.220. The maximum Gasteiger partial charge on any atom is 0.222 e. The van der Waals surface area contributed by atoms with Crippen molar-refractivity contribution in [2.45, 2.75) is 57.4 Å². The van der Waals surface area contributed by atoms with E-state index in [1.807, 2.05) is 4.90 Å². The van der Waals surface area contributed by atoms with Crippen LogP contribution < -0.4 is 5.73 Å². The van der Waals surface area contributed by atoms with E-state index in [0.29, 0.717) is 11.8 Å². The predicted octanol–water partition coefficient (Wildman–Crippen LogP) is 1.91. The number of rotatable bonds is 2. The molecule has 1 amide bonds. The van der Waals surface area contributed by atoms with Crippen LogP contribution in [0.15, 0.2) is 0 Å². The van der Waals surface area contributed by atoms with Crippen LogP contribution in [0.4, 0.5) is 0 Å². The first-order valence-electron chi connectivity index (χ1n) is 6.79. The van der Waals surface area contributed by atoms with E-state index in [-0.39, 0.29) is 6.04 Å². The zero-order chi connectivity index (χ0) is 11.4. The lowest BCUT2D eigenvalue weighted by Crippen LogP contribution is -2.32. The van der Waals surface area contributed by atoms with Gasteiger partial charge in [-0.15, -0.1) is 0 Å². The van der Waals surface area contributed by atoms with Gasteiger partial charge >= 0.3 is 0 Å². The Bertz CT molecular complexity index is 234. The average molecular weight is 224 g/mol. The van der Waals surface area contributed by atoms with Gasteiger partial charge in [0.15, 0.2) is 0 Å². The topological polar surface area (TPSA) is 46.3 Å². The van der Waals surface area contributed by atoms with Crippen LogP contribution in [0.1, 0.15) is 51.4 Å². The number of carbonyl (C=O) groups is 1. The fourth-order valence-corrected chi connectivity index (χ4v) is 2.96. The van der Waals surface area contributed by atoms with Gasteiger partial charge in [0, 0.05) is 25.6 Å². The van der Waals surface area contributed by atoms with Crippen LogP contribution in [0.3, 0.4) is 0 Å². The minimum absolute atomic E-state index is 0.220. The molecule has 1 saturated heterocycles. The molecule has 2 rings (SSSR count). The molecule has 1 heterocycles. The lowest BCUT2D eigenvalue weighted by atomic mass is 9.96. The molecule has 0 aromatic heterocycles. The molecule has 0 radical (unpaired) electrons. The quantitative estimate of drug-likeness (QED) is 0.728. The van der Waals surface area contributed by atoms with Crippen LogP contribution in [0, 0.1) is 5.92 Å². The standard InChI is InChI=1S/C13H24N2O/c14-12-7-8-15(10-12)13(16)9-11-5-3-1-2-4-6-11/h11-12H,1-10,14H2. The van der Waals surface area contributed by atoms with Crippen molar-refractivity contribution in [1.29, 1.82) is 0 Å². The molecule has 1 unspecified atom stereocenters. The molecular formula is C13H24N2O. The van der Waals surface area contributed by atoms with E-state index >= 15 is 0 Å². The predicted molar refractivity (Wildman–Crippen MR) is 65.0 cm³/mol. The Morgan fingerprint density at radius 2 is 1.81 bits per heavy atom. The highest BCUT2D eigenvalue weighted by molar-refractivity contribution is 5.76. The summed E-state index contributed by atoms with van der Waals surface area (Å²) in [5, 5.41) is 0. The molecule has 2 N–H and O–H groups in total. The molecule has 92 valence electrons. The van der Waals surface area contributed by atoms with Gasteiger partial charge in [0.05, 0.1) is 0 Å². The summed E-state index contributed by atoms with van der Waals surface area (Å²) in [6.07, 6.45) is 9.62. The van der Waals surface area contributed by atoms with Crippen LogP contribution in [0.5, 0.6) is 0 Å². The molecule has 3 heteroatoms. The summed E-state index contributed by atoms with van der Waals surface area (Å²) >= 11 is 0. The van der Waals surface area contributed by atoms with Crippen LogP contribution in [0.25, 0.3) is 0 Å². The van der Waals surface area contributed by atoms with Crippen LogP contribution in [-0.4, -0.2) is 29.9 Å². The molecule has 3 nitrogen and oxygen atoms in total. The third-order valence-corrected chi connectivity index (χ3v) is 4.02. The summed E-state index contributed by atoms with van der Waals surface area (Å²) in [5.41, 5.74) is 5.83. The molecule has 2 fully saturated rings. The van der Waals surface area contributed by atoms with E-state index < -0.39 is 0 Å². The van der Waals surface area contributed by atoms with Gasteiger partial charge < -0.3 is 10.6 Å². The first kappa shape index (κ1) is 11.9. The second kappa shape index (κ2) is 5.67. The van der Waals surface area contributed by atoms with Gasteiger partial charge in [0.1, 0.15) is 0 Å². The molecule has 0 spiro atoms. The number of amides is 1. The molecule has 1 atom stereocenters. The molecule has 1 aliphatic carbocycles. The Kier molecular flexibility index (Phi) is 4.22. The maximum atomic E-state index is 12.0. The van der Waals surface area contributed by atoms with Crippen molar-refractivity contribution >= 4 is 5.91 Å². The number of likely N-dealkylation sites (tertiary alicyclic amines) is 1. The number of nitrogens with two attached hydrogens (primary N) is 1. The first-order valence-corrected chi connectivity index (χ1v) is 6.79. The third kappa shape index (κ3) is 3.21. The Hall–Kier alpha value is -0.570. The Morgan fingerprint density at radius 3 is 2.38 bits per heavy atom. The van der Waals surface area contributed by atoms with E-state index in [4.69, 9.17) is 5.73 Å². The number of hydrogen-bond donors (Lipinski definition) is 1. The second-order valence-corrected chi connectivity index (χ2v) is 5.45. The summed E-state index contributed by atoms with van der Waals surface area (Å²) in [4.78, 5) is 14.0. The molecular weight excluding hydrogens is 200 g/mol. The normalized spacial score (nSPS) is 28.1. The van der Waals surface area contributed by atoms with Crippen molar-refractivity contribution in [3.8, 4) is 0 Å². The van der Waals surface area contributed by atoms with E-state index in [1.54, 1.807) is 0 Å². The largest absolute Gasteiger partial charge is 0.341 e. The zero-order valence-electron chi connectivity index (χ0n) is 10.2. The number of carbonyl (C=O) groups excluding carboxylic acids is 1. The minimum Gasteiger partial charge on any atom is -0.341 e. The van der Waals surface area contributed by atoms with Gasteiger partial charge in [0.2, 0.25) is 5.91 Å². The summed E-state index contributed by atoms with van der Waals surface area (Å²) in [5.74, 6) is 0.992. The monoisotopic (exact) mass is 224 g/mol. The molecule has 1 saturated carbocycles. The Morgan fingerprint density at radius 1 is 1.12 bits per heavy atom. The zero-order valence-corrected chi connectivity index (χ0v) is 10.2. The van der Waals surface area contributed by atoms with E-state index in [1.165, 1.54) is 38.5 Å². The average Bonchev–Trinajstić information content (AvgIpc) is 2.54. The molecule has 0 bridgehead atoms. The number of nitrogens with zero attached hydrogens (tertiary/aromatic N) is 1. The van der Waals surface area contributed by atoms with E-state index in [0.717, 1.165) is 25.9 Å². The molecule has 0 aromatic rings. The van der Waals surface area contributed by atoms with Gasteiger partial charge in [-0.25, -0.2) is 0 Å². The van der Waals surface area contributed by atoms with Gasteiger partial charge in [0.25, 0.3) is 0 Å². The Labute approximate surface area is 98.4 Å². The van der Waals surface area contributed by atoms with Crippen molar-refractivity contribution in [2.75, 3.05) is 13.1 Å². The van der Waals surface area contributed by atoms with Gasteiger partial charge in [-0.3, -0.25) is 4.79 Å².